The maximum atomic E-state index is 14.2. The second-order valence-corrected chi connectivity index (χ2v) is 10.6. The Bertz CT molecular complexity index is 2100. The molecule has 0 bridgehead atoms. The third-order valence-corrected chi connectivity index (χ3v) is 7.51. The molecule has 0 saturated heterocycles. The maximum Gasteiger partial charge on any atom is 2.00 e. The molecule has 43 heavy (non-hydrogen) atoms. The smallest absolute Gasteiger partial charge is 0.509 e. The van der Waals surface area contributed by atoms with Gasteiger partial charge in [0.25, 0.3) is 0 Å². The van der Waals surface area contributed by atoms with Gasteiger partial charge in [-0.05, 0) is 52.7 Å². The molecule has 0 aliphatic heterocycles. The molecule has 0 fully saturated rings. The van der Waals surface area contributed by atoms with E-state index in [9.17, 15) is 4.39 Å². The van der Waals surface area contributed by atoms with E-state index >= 15 is 0 Å². The monoisotopic (exact) mass is 745 g/mol. The summed E-state index contributed by atoms with van der Waals surface area (Å²) in [6, 6.07) is 33.5. The second-order valence-electron chi connectivity index (χ2n) is 10.6. The first-order valence-corrected chi connectivity index (χ1v) is 13.9. The van der Waals surface area contributed by atoms with Crippen LogP contribution in [0.5, 0.6) is 11.5 Å². The van der Waals surface area contributed by atoms with E-state index in [0.29, 0.717) is 23.2 Å². The topological polar surface area (TPSA) is 44.9 Å². The van der Waals surface area contributed by atoms with Crippen LogP contribution in [0, 0.1) is 24.9 Å². The fourth-order valence-corrected chi connectivity index (χ4v) is 5.58. The molecule has 0 radical (unpaired) electrons. The molecule has 214 valence electrons. The Balaban J connectivity index is 0.00000329. The third kappa shape index (κ3) is 5.28. The first kappa shape index (κ1) is 28.6. The van der Waals surface area contributed by atoms with E-state index in [0.717, 1.165) is 33.1 Å². The molecule has 7 aromatic rings. The molecule has 0 aliphatic rings. The molecule has 3 heterocycles. The van der Waals surface area contributed by atoms with Crippen molar-refractivity contribution in [2.45, 2.75) is 26.7 Å². The van der Waals surface area contributed by atoms with Crippen molar-refractivity contribution >= 4 is 21.8 Å². The number of hydrogen-bond acceptors (Lipinski definition) is 3. The maximum absolute atomic E-state index is 14.2. The van der Waals surface area contributed by atoms with Crippen LogP contribution in [0.25, 0.3) is 44.4 Å². The van der Waals surface area contributed by atoms with Gasteiger partial charge in [-0.15, -0.1) is 35.7 Å². The van der Waals surface area contributed by atoms with E-state index in [-0.39, 0.29) is 26.9 Å². The van der Waals surface area contributed by atoms with Crippen molar-refractivity contribution in [3.05, 3.63) is 133 Å². The largest absolute Gasteiger partial charge is 2.00 e. The minimum Gasteiger partial charge on any atom is -0.509 e. The van der Waals surface area contributed by atoms with E-state index < -0.39 is 0 Å². The quantitative estimate of drug-likeness (QED) is 0.160. The van der Waals surface area contributed by atoms with E-state index in [2.05, 4.69) is 61.2 Å². The number of halogens is 1. The van der Waals surface area contributed by atoms with Crippen LogP contribution >= 0.6 is 0 Å². The Labute approximate surface area is 263 Å². The average Bonchev–Trinajstić information content (AvgIpc) is 3.60. The Morgan fingerprint density at radius 1 is 0.860 bits per heavy atom. The predicted molar refractivity (Wildman–Crippen MR) is 164 cm³/mol. The summed E-state index contributed by atoms with van der Waals surface area (Å²) in [5, 5.41) is 6.65. The number of fused-ring (bicyclic) bond motifs is 3. The van der Waals surface area contributed by atoms with Gasteiger partial charge in [-0.2, -0.15) is 17.2 Å². The minimum atomic E-state index is -0.352. The summed E-state index contributed by atoms with van der Waals surface area (Å²) in [6.07, 6.45) is 5.40. The SMILES string of the molecule is Cc1cccc(C(C)C)c1-c1cnn(-c2[c-]c(Oc3[c-]c4c(cc3)c3ccccc3n4-c3cc(F)ccn3)ccc2)c1.[Pt+2]. The number of ether oxygens (including phenoxy) is 1. The summed E-state index contributed by atoms with van der Waals surface area (Å²) in [5.74, 6) is 1.57. The molecule has 0 aliphatic carbocycles. The molecule has 7 heteroatoms. The fourth-order valence-electron chi connectivity index (χ4n) is 5.58. The molecule has 3 aromatic heterocycles. The molecular weight excluding hydrogens is 718 g/mol. The van der Waals surface area contributed by atoms with Crippen molar-refractivity contribution in [3.63, 3.8) is 0 Å². The molecule has 5 nitrogen and oxygen atoms in total. The van der Waals surface area contributed by atoms with Crippen molar-refractivity contribution in [2.24, 2.45) is 0 Å². The van der Waals surface area contributed by atoms with Gasteiger partial charge in [-0.3, -0.25) is 4.68 Å². The number of aryl methyl sites for hydroxylation is 1. The van der Waals surface area contributed by atoms with Crippen molar-refractivity contribution in [2.75, 3.05) is 0 Å². The standard InChI is InChI=1S/C36H27FN4O.Pt/c1-23(2)30-12-6-8-24(3)36(30)25-21-39-40(22-25)27-9-7-10-28(19-27)42-29-14-15-32-31-11-4-5-13-33(31)41(34(32)20-29)35-18-26(37)16-17-38-35;/h4-18,21-23H,1-3H3;/q-2;+2. The van der Waals surface area contributed by atoms with E-state index in [1.807, 2.05) is 76.2 Å². The zero-order chi connectivity index (χ0) is 28.8. The van der Waals surface area contributed by atoms with Crippen LogP contribution in [0.1, 0.15) is 30.9 Å². The Kier molecular flexibility index (Phi) is 7.72. The number of hydrogen-bond donors (Lipinski definition) is 0. The van der Waals surface area contributed by atoms with Gasteiger partial charge >= 0.3 is 21.1 Å². The summed E-state index contributed by atoms with van der Waals surface area (Å²) < 4.78 is 24.2. The van der Waals surface area contributed by atoms with Crippen molar-refractivity contribution < 1.29 is 30.2 Å². The van der Waals surface area contributed by atoms with Crippen LogP contribution in [0.15, 0.2) is 104 Å². The number of pyridine rings is 1. The van der Waals surface area contributed by atoms with Crippen molar-refractivity contribution in [3.8, 4) is 34.1 Å². The van der Waals surface area contributed by atoms with Crippen molar-refractivity contribution in [1.82, 2.24) is 19.3 Å². The van der Waals surface area contributed by atoms with Gasteiger partial charge in [0.2, 0.25) is 0 Å². The van der Waals surface area contributed by atoms with E-state index in [1.165, 1.54) is 35.0 Å². The molecule has 0 unspecified atom stereocenters. The molecule has 4 aromatic carbocycles. The molecule has 7 rings (SSSR count). The van der Waals surface area contributed by atoms with Crippen LogP contribution < -0.4 is 4.74 Å². The van der Waals surface area contributed by atoms with Gasteiger partial charge in [0.05, 0.1) is 6.20 Å². The zero-order valence-corrected chi connectivity index (χ0v) is 26.1. The molecule has 0 atom stereocenters. The second kappa shape index (κ2) is 11.6. The fraction of sp³-hybridized carbons (Fsp3) is 0.111. The summed E-state index contributed by atoms with van der Waals surface area (Å²) in [4.78, 5) is 4.43. The molecular formula is C36H27FN4OPt. The molecule has 0 saturated carbocycles. The molecule has 0 N–H and O–H groups in total. The number of benzene rings is 4. The first-order valence-electron chi connectivity index (χ1n) is 13.9. The number of nitrogens with zero attached hydrogens (tertiary/aromatic N) is 4. The Hall–Kier alpha value is -4.54. The van der Waals surface area contributed by atoms with Crippen LogP contribution in [0.2, 0.25) is 0 Å². The number of aromatic nitrogens is 4. The molecule has 0 spiro atoms. The van der Waals surface area contributed by atoms with E-state index in [4.69, 9.17) is 4.74 Å². The van der Waals surface area contributed by atoms with Gasteiger partial charge in [-0.1, -0.05) is 55.8 Å². The van der Waals surface area contributed by atoms with Crippen LogP contribution in [0.4, 0.5) is 4.39 Å². The normalized spacial score (nSPS) is 11.3. The average molecular weight is 746 g/mol. The predicted octanol–water partition coefficient (Wildman–Crippen LogP) is 8.99. The van der Waals surface area contributed by atoms with Gasteiger partial charge in [-0.25, -0.2) is 9.37 Å². The summed E-state index contributed by atoms with van der Waals surface area (Å²) in [5.41, 5.74) is 7.23. The van der Waals surface area contributed by atoms with Crippen LogP contribution in [0.3, 0.4) is 0 Å². The van der Waals surface area contributed by atoms with Crippen LogP contribution in [-0.4, -0.2) is 19.3 Å². The van der Waals surface area contributed by atoms with E-state index in [1.54, 1.807) is 0 Å². The third-order valence-electron chi connectivity index (χ3n) is 7.51. The molecule has 0 amide bonds. The van der Waals surface area contributed by atoms with Gasteiger partial charge < -0.3 is 9.30 Å². The number of para-hydroxylation sites is 1. The summed E-state index contributed by atoms with van der Waals surface area (Å²) >= 11 is 0. The van der Waals surface area contributed by atoms with Gasteiger partial charge in [0, 0.05) is 41.0 Å². The summed E-state index contributed by atoms with van der Waals surface area (Å²) in [6.45, 7) is 6.55. The van der Waals surface area contributed by atoms with Crippen molar-refractivity contribution in [1.29, 1.82) is 0 Å². The van der Waals surface area contributed by atoms with Gasteiger partial charge in [0.15, 0.2) is 0 Å². The summed E-state index contributed by atoms with van der Waals surface area (Å²) in [7, 11) is 0. The minimum absolute atomic E-state index is 0. The van der Waals surface area contributed by atoms with Gasteiger partial charge in [0.1, 0.15) is 11.6 Å². The number of rotatable bonds is 6. The zero-order valence-electron chi connectivity index (χ0n) is 23.8. The van der Waals surface area contributed by atoms with Crippen LogP contribution in [-0.2, 0) is 21.1 Å². The first-order chi connectivity index (χ1) is 20.5. The Morgan fingerprint density at radius 3 is 2.51 bits per heavy atom. The Morgan fingerprint density at radius 2 is 1.67 bits per heavy atom.